The van der Waals surface area contributed by atoms with Gasteiger partial charge in [-0.3, -0.25) is 9.59 Å². The van der Waals surface area contributed by atoms with E-state index in [2.05, 4.69) is 0 Å². The summed E-state index contributed by atoms with van der Waals surface area (Å²) in [7, 11) is 0. The number of anilines is 1. The van der Waals surface area contributed by atoms with E-state index >= 15 is 0 Å². The van der Waals surface area contributed by atoms with Crippen LogP contribution in [-0.4, -0.2) is 17.9 Å². The number of amides is 1. The van der Waals surface area contributed by atoms with Gasteiger partial charge in [0.25, 0.3) is 0 Å². The van der Waals surface area contributed by atoms with Gasteiger partial charge in [0, 0.05) is 5.92 Å². The Morgan fingerprint density at radius 2 is 1.40 bits per heavy atom. The predicted octanol–water partition coefficient (Wildman–Crippen LogP) is 5.19. The van der Waals surface area contributed by atoms with E-state index in [4.69, 9.17) is 4.74 Å². The number of rotatable bonds is 6. The predicted molar refractivity (Wildman–Crippen MR) is 115 cm³/mol. The number of carbonyl (C=O) groups is 2. The molecule has 1 saturated heterocycles. The third kappa shape index (κ3) is 3.57. The maximum Gasteiger partial charge on any atom is 0.308 e. The Labute approximate surface area is 196 Å². The number of piperidine rings is 1. The maximum atomic E-state index is 14.7. The molecule has 180 valence electrons. The van der Waals surface area contributed by atoms with Crippen LogP contribution in [0.2, 0.25) is 0 Å². The van der Waals surface area contributed by atoms with E-state index < -0.39 is 70.4 Å². The Bertz CT molecular complexity index is 1290. The maximum absolute atomic E-state index is 14.7. The van der Waals surface area contributed by atoms with Crippen molar-refractivity contribution in [1.82, 2.24) is 0 Å². The van der Waals surface area contributed by atoms with Gasteiger partial charge in [-0.05, 0) is 17.5 Å². The van der Waals surface area contributed by atoms with Crippen LogP contribution in [0.4, 0.5) is 27.6 Å². The zero-order valence-electron chi connectivity index (χ0n) is 18.1. The standard InChI is InChI=1S/C26H18F5NO3/c27-19-20(28)22(30)24(23(31)21(19)29)32-17(11-18(33)35-13-14-7-3-1-4-8-14)16-12-26(16,25(32)34)15-9-5-2-6-10-15/h1-10,16-17H,11-13H2/t16-,17?,26+/m1/s1. The van der Waals surface area contributed by atoms with Crippen LogP contribution in [0.25, 0.3) is 0 Å². The summed E-state index contributed by atoms with van der Waals surface area (Å²) in [5.74, 6) is -13.1. The van der Waals surface area contributed by atoms with Crippen molar-refractivity contribution in [2.45, 2.75) is 30.9 Å². The molecule has 5 rings (SSSR count). The Morgan fingerprint density at radius 3 is 2.00 bits per heavy atom. The molecule has 0 aromatic heterocycles. The minimum Gasteiger partial charge on any atom is -0.461 e. The van der Waals surface area contributed by atoms with Crippen molar-refractivity contribution in [3.63, 3.8) is 0 Å². The Morgan fingerprint density at radius 1 is 0.857 bits per heavy atom. The smallest absolute Gasteiger partial charge is 0.308 e. The average Bonchev–Trinajstić information content (AvgIpc) is 3.59. The van der Waals surface area contributed by atoms with Crippen molar-refractivity contribution in [2.24, 2.45) is 5.92 Å². The monoisotopic (exact) mass is 487 g/mol. The van der Waals surface area contributed by atoms with Gasteiger partial charge in [-0.1, -0.05) is 60.7 Å². The molecule has 1 saturated carbocycles. The number of nitrogens with zero attached hydrogens (tertiary/aromatic N) is 1. The highest BCUT2D eigenvalue weighted by molar-refractivity contribution is 6.08. The molecule has 3 aromatic carbocycles. The highest BCUT2D eigenvalue weighted by atomic mass is 19.2. The van der Waals surface area contributed by atoms with Crippen LogP contribution in [0.1, 0.15) is 24.0 Å². The fourth-order valence-corrected chi connectivity index (χ4v) is 5.01. The molecule has 0 radical (unpaired) electrons. The van der Waals surface area contributed by atoms with E-state index in [1.165, 1.54) is 0 Å². The van der Waals surface area contributed by atoms with E-state index in [0.717, 1.165) is 0 Å². The normalized spacial score (nSPS) is 22.8. The quantitative estimate of drug-likeness (QED) is 0.208. The first kappa shape index (κ1) is 23.0. The second-order valence-electron chi connectivity index (χ2n) is 8.66. The van der Waals surface area contributed by atoms with Gasteiger partial charge in [-0.25, -0.2) is 22.0 Å². The highest BCUT2D eigenvalue weighted by Crippen LogP contribution is 2.64. The third-order valence-corrected chi connectivity index (χ3v) is 6.75. The van der Waals surface area contributed by atoms with Crippen LogP contribution in [0.3, 0.4) is 0 Å². The second kappa shape index (κ2) is 8.48. The SMILES string of the molecule is O=C(CC1[C@H]2C[C@@]2(c2ccccc2)C(=O)N1c1c(F)c(F)c(F)c(F)c1F)OCc1ccccc1. The van der Waals surface area contributed by atoms with E-state index in [-0.39, 0.29) is 13.0 Å². The molecule has 1 amide bonds. The number of ether oxygens (including phenoxy) is 1. The van der Waals surface area contributed by atoms with Gasteiger partial charge in [-0.15, -0.1) is 0 Å². The Hall–Kier alpha value is -3.75. The summed E-state index contributed by atoms with van der Waals surface area (Å²) in [6.07, 6.45) is -0.199. The van der Waals surface area contributed by atoms with Crippen molar-refractivity contribution < 1.29 is 36.3 Å². The highest BCUT2D eigenvalue weighted by Gasteiger charge is 2.72. The molecule has 9 heteroatoms. The summed E-state index contributed by atoms with van der Waals surface area (Å²) in [6, 6.07) is 16.0. The molecule has 4 nitrogen and oxygen atoms in total. The van der Waals surface area contributed by atoms with E-state index in [1.807, 2.05) is 0 Å². The number of fused-ring (bicyclic) bond motifs is 1. The summed E-state index contributed by atoms with van der Waals surface area (Å²) >= 11 is 0. The van der Waals surface area contributed by atoms with Crippen molar-refractivity contribution in [1.29, 1.82) is 0 Å². The summed E-state index contributed by atoms with van der Waals surface area (Å²) in [4.78, 5) is 26.8. The molecule has 2 fully saturated rings. The topological polar surface area (TPSA) is 46.6 Å². The lowest BCUT2D eigenvalue weighted by Gasteiger charge is -2.29. The van der Waals surface area contributed by atoms with Crippen molar-refractivity contribution >= 4 is 17.6 Å². The molecule has 1 unspecified atom stereocenters. The Balaban J connectivity index is 1.52. The number of hydrogen-bond acceptors (Lipinski definition) is 3. The molecule has 0 bridgehead atoms. The third-order valence-electron chi connectivity index (χ3n) is 6.75. The molecule has 1 aliphatic heterocycles. The first-order valence-electron chi connectivity index (χ1n) is 10.9. The lowest BCUT2D eigenvalue weighted by Crippen LogP contribution is -2.42. The molecule has 1 aliphatic carbocycles. The van der Waals surface area contributed by atoms with Gasteiger partial charge >= 0.3 is 5.97 Å². The summed E-state index contributed by atoms with van der Waals surface area (Å²) in [5, 5.41) is 0. The van der Waals surface area contributed by atoms with Crippen molar-refractivity contribution in [3.8, 4) is 0 Å². The fourth-order valence-electron chi connectivity index (χ4n) is 5.01. The molecule has 3 aromatic rings. The van der Waals surface area contributed by atoms with Crippen molar-refractivity contribution in [2.75, 3.05) is 4.90 Å². The zero-order valence-corrected chi connectivity index (χ0v) is 18.1. The molecule has 3 atom stereocenters. The molecule has 1 heterocycles. The summed E-state index contributed by atoms with van der Waals surface area (Å²) < 4.78 is 76.5. The zero-order chi connectivity index (χ0) is 24.9. The number of benzene rings is 3. The van der Waals surface area contributed by atoms with Crippen molar-refractivity contribution in [3.05, 3.63) is 101 Å². The van der Waals surface area contributed by atoms with Gasteiger partial charge < -0.3 is 9.64 Å². The van der Waals surface area contributed by atoms with Gasteiger partial charge in [-0.2, -0.15) is 0 Å². The molecule has 2 aliphatic rings. The van der Waals surface area contributed by atoms with E-state index in [0.29, 0.717) is 16.0 Å². The number of hydrogen-bond donors (Lipinski definition) is 0. The molecule has 0 N–H and O–H groups in total. The lowest BCUT2D eigenvalue weighted by atomic mass is 9.93. The minimum atomic E-state index is -2.32. The van der Waals surface area contributed by atoms with E-state index in [9.17, 15) is 31.5 Å². The van der Waals surface area contributed by atoms with Gasteiger partial charge in [0.15, 0.2) is 23.3 Å². The van der Waals surface area contributed by atoms with Crippen LogP contribution in [0.15, 0.2) is 60.7 Å². The molecular formula is C26H18F5NO3. The molecular weight excluding hydrogens is 469 g/mol. The lowest BCUT2D eigenvalue weighted by molar-refractivity contribution is -0.145. The number of halogens is 5. The molecule has 0 spiro atoms. The summed E-state index contributed by atoms with van der Waals surface area (Å²) in [5.41, 5.74) is -1.32. The number of esters is 1. The van der Waals surface area contributed by atoms with Crippen LogP contribution in [-0.2, 0) is 26.3 Å². The van der Waals surface area contributed by atoms with Crippen LogP contribution >= 0.6 is 0 Å². The minimum absolute atomic E-state index is 0.0721. The molecule has 35 heavy (non-hydrogen) atoms. The van der Waals surface area contributed by atoms with Crippen LogP contribution < -0.4 is 4.90 Å². The largest absolute Gasteiger partial charge is 0.461 e. The van der Waals surface area contributed by atoms with Gasteiger partial charge in [0.2, 0.25) is 11.7 Å². The van der Waals surface area contributed by atoms with Crippen LogP contribution in [0.5, 0.6) is 0 Å². The van der Waals surface area contributed by atoms with E-state index in [1.54, 1.807) is 60.7 Å². The second-order valence-corrected chi connectivity index (χ2v) is 8.66. The average molecular weight is 487 g/mol. The summed E-state index contributed by atoms with van der Waals surface area (Å²) in [6.45, 7) is -0.0721. The first-order chi connectivity index (χ1) is 16.8. The first-order valence-corrected chi connectivity index (χ1v) is 10.9. The Kier molecular flexibility index (Phi) is 5.57. The van der Waals surface area contributed by atoms with Gasteiger partial charge in [0.1, 0.15) is 12.3 Å². The van der Waals surface area contributed by atoms with Gasteiger partial charge in [0.05, 0.1) is 17.9 Å². The van der Waals surface area contributed by atoms with Crippen LogP contribution in [0, 0.1) is 35.0 Å². The fraction of sp³-hybridized carbons (Fsp3) is 0.231. The number of carbonyl (C=O) groups excluding carboxylic acids is 2.